The number of pyridine rings is 1. The first-order chi connectivity index (χ1) is 15.4. The summed E-state index contributed by atoms with van der Waals surface area (Å²) in [5.74, 6) is 3.60. The number of hydrogen-bond acceptors (Lipinski definition) is 5. The number of primary amides is 1. The van der Waals surface area contributed by atoms with E-state index in [1.807, 2.05) is 12.3 Å². The molecule has 0 bridgehead atoms. The Bertz CT molecular complexity index is 953. The molecule has 7 nitrogen and oxygen atoms in total. The highest BCUT2D eigenvalue weighted by atomic mass is 35.5. The summed E-state index contributed by atoms with van der Waals surface area (Å²) in [7, 11) is 0. The zero-order chi connectivity index (χ0) is 22.3. The Labute approximate surface area is 194 Å². The molecule has 2 N–H and O–H groups in total. The van der Waals surface area contributed by atoms with Gasteiger partial charge in [0.25, 0.3) is 0 Å². The molecule has 2 saturated carbocycles. The molecule has 0 unspecified atom stereocenters. The van der Waals surface area contributed by atoms with E-state index in [0.29, 0.717) is 23.3 Å². The van der Waals surface area contributed by atoms with E-state index in [1.54, 1.807) is 17.3 Å². The normalized spacial score (nSPS) is 24.2. The zero-order valence-corrected chi connectivity index (χ0v) is 19.3. The third-order valence-electron chi connectivity index (χ3n) is 7.72. The van der Waals surface area contributed by atoms with Crippen molar-refractivity contribution in [2.45, 2.75) is 50.9 Å². The quantitative estimate of drug-likeness (QED) is 0.669. The second kappa shape index (κ2) is 8.50. The van der Waals surface area contributed by atoms with Crippen molar-refractivity contribution in [1.29, 1.82) is 0 Å². The SMILES string of the molecule is CC1(c2ccc(N(CC[C@@H]3C[C@@H]3C3CCN(c4ncc(Cl)cn4)CC3)C(N)=O)nc2)CC1. The minimum absolute atomic E-state index is 0.277. The number of piperidine rings is 1. The van der Waals surface area contributed by atoms with Crippen LogP contribution in [0.25, 0.3) is 0 Å². The number of hydrogen-bond donors (Lipinski definition) is 1. The van der Waals surface area contributed by atoms with Gasteiger partial charge in [-0.05, 0) is 73.3 Å². The summed E-state index contributed by atoms with van der Waals surface area (Å²) in [5.41, 5.74) is 7.22. The molecule has 3 aliphatic rings. The van der Waals surface area contributed by atoms with Gasteiger partial charge in [-0.25, -0.2) is 19.7 Å². The predicted octanol–water partition coefficient (Wildman–Crippen LogP) is 4.40. The van der Waals surface area contributed by atoms with E-state index < -0.39 is 6.03 Å². The topological polar surface area (TPSA) is 88.2 Å². The Hall–Kier alpha value is -2.41. The van der Waals surface area contributed by atoms with Gasteiger partial charge >= 0.3 is 6.03 Å². The van der Waals surface area contributed by atoms with E-state index in [-0.39, 0.29) is 5.41 Å². The lowest BCUT2D eigenvalue weighted by Crippen LogP contribution is -2.37. The van der Waals surface area contributed by atoms with Gasteiger partial charge in [-0.3, -0.25) is 4.90 Å². The van der Waals surface area contributed by atoms with Crippen molar-refractivity contribution in [3.63, 3.8) is 0 Å². The molecule has 0 aromatic carbocycles. The Morgan fingerprint density at radius 1 is 1.19 bits per heavy atom. The summed E-state index contributed by atoms with van der Waals surface area (Å²) >= 11 is 5.90. The first-order valence-electron chi connectivity index (χ1n) is 11.7. The minimum atomic E-state index is -0.420. The second-order valence-electron chi connectivity index (χ2n) is 9.93. The molecule has 2 atom stereocenters. The number of nitrogens with two attached hydrogens (primary N) is 1. The smallest absolute Gasteiger partial charge is 0.320 e. The van der Waals surface area contributed by atoms with Crippen molar-refractivity contribution in [2.75, 3.05) is 29.4 Å². The number of carbonyl (C=O) groups is 1. The maximum atomic E-state index is 12.1. The average molecular weight is 455 g/mol. The molecule has 2 amide bonds. The number of rotatable bonds is 7. The number of aromatic nitrogens is 3. The molecule has 1 aliphatic heterocycles. The highest BCUT2D eigenvalue weighted by molar-refractivity contribution is 6.30. The van der Waals surface area contributed by atoms with Gasteiger partial charge in [-0.1, -0.05) is 24.6 Å². The van der Waals surface area contributed by atoms with Crippen LogP contribution in [0.3, 0.4) is 0 Å². The summed E-state index contributed by atoms with van der Waals surface area (Å²) in [5, 5.41) is 0.567. The Morgan fingerprint density at radius 2 is 1.91 bits per heavy atom. The molecule has 2 aromatic rings. The molecular weight excluding hydrogens is 424 g/mol. The first kappa shape index (κ1) is 21.4. The van der Waals surface area contributed by atoms with Gasteiger partial charge in [0, 0.05) is 25.8 Å². The first-order valence-corrected chi connectivity index (χ1v) is 12.1. The van der Waals surface area contributed by atoms with Crippen LogP contribution in [0.5, 0.6) is 0 Å². The third-order valence-corrected chi connectivity index (χ3v) is 7.92. The van der Waals surface area contributed by atoms with E-state index in [9.17, 15) is 4.79 Å². The second-order valence-corrected chi connectivity index (χ2v) is 10.4. The van der Waals surface area contributed by atoms with Gasteiger partial charge in [0.1, 0.15) is 5.82 Å². The standard InChI is InChI=1S/C24H31ClN6O/c1-24(7-8-24)18-2-3-21(27-13-18)31(22(26)32)11-6-17-12-20(17)16-4-9-30(10-5-16)23-28-14-19(25)15-29-23/h2-3,13-17,20H,4-12H2,1H3,(H2,26,32)/t17-,20-/m1/s1. The van der Waals surface area contributed by atoms with Crippen LogP contribution in [0.2, 0.25) is 5.02 Å². The molecule has 0 radical (unpaired) electrons. The maximum absolute atomic E-state index is 12.1. The van der Waals surface area contributed by atoms with Crippen molar-refractivity contribution in [2.24, 2.45) is 23.5 Å². The van der Waals surface area contributed by atoms with Crippen molar-refractivity contribution in [1.82, 2.24) is 15.0 Å². The van der Waals surface area contributed by atoms with E-state index >= 15 is 0 Å². The molecule has 32 heavy (non-hydrogen) atoms. The molecule has 170 valence electrons. The van der Waals surface area contributed by atoms with Gasteiger partial charge in [-0.15, -0.1) is 0 Å². The van der Waals surface area contributed by atoms with Gasteiger partial charge in [0.2, 0.25) is 5.95 Å². The lowest BCUT2D eigenvalue weighted by Gasteiger charge is -2.32. The third kappa shape index (κ3) is 4.53. The summed E-state index contributed by atoms with van der Waals surface area (Å²) in [4.78, 5) is 29.2. The van der Waals surface area contributed by atoms with Crippen molar-refractivity contribution in [3.05, 3.63) is 41.3 Å². The highest BCUT2D eigenvalue weighted by Crippen LogP contribution is 2.50. The monoisotopic (exact) mass is 454 g/mol. The summed E-state index contributed by atoms with van der Waals surface area (Å²) in [6.07, 6.45) is 12.2. The molecule has 1 saturated heterocycles. The zero-order valence-electron chi connectivity index (χ0n) is 18.6. The molecule has 8 heteroatoms. The number of urea groups is 1. The summed E-state index contributed by atoms with van der Waals surface area (Å²) < 4.78 is 0. The lowest BCUT2D eigenvalue weighted by molar-refractivity contribution is 0.253. The van der Waals surface area contributed by atoms with Gasteiger partial charge < -0.3 is 10.6 Å². The van der Waals surface area contributed by atoms with Crippen molar-refractivity contribution in [3.8, 4) is 0 Å². The van der Waals surface area contributed by atoms with E-state index in [4.69, 9.17) is 17.3 Å². The van der Waals surface area contributed by atoms with Crippen LogP contribution in [0.15, 0.2) is 30.7 Å². The van der Waals surface area contributed by atoms with Gasteiger partial charge in [0.15, 0.2) is 0 Å². The lowest BCUT2D eigenvalue weighted by atomic mass is 9.90. The number of carbonyl (C=O) groups excluding carboxylic acids is 1. The summed E-state index contributed by atoms with van der Waals surface area (Å²) in [6, 6.07) is 3.63. The molecule has 2 aromatic heterocycles. The van der Waals surface area contributed by atoms with E-state index in [1.165, 1.54) is 24.8 Å². The summed E-state index contributed by atoms with van der Waals surface area (Å²) in [6.45, 7) is 4.86. The van der Waals surface area contributed by atoms with Crippen LogP contribution >= 0.6 is 11.6 Å². The number of halogens is 1. The molecule has 2 aliphatic carbocycles. The average Bonchev–Trinajstić information content (AvgIpc) is 3.72. The van der Waals surface area contributed by atoms with Crippen LogP contribution in [-0.4, -0.2) is 40.6 Å². The molecule has 3 fully saturated rings. The fraction of sp³-hybridized carbons (Fsp3) is 0.583. The van der Waals surface area contributed by atoms with E-state index in [0.717, 1.165) is 50.1 Å². The Kier molecular flexibility index (Phi) is 5.70. The van der Waals surface area contributed by atoms with Gasteiger partial charge in [-0.2, -0.15) is 0 Å². The largest absolute Gasteiger partial charge is 0.351 e. The predicted molar refractivity (Wildman–Crippen MR) is 126 cm³/mol. The molecular formula is C24H31ClN6O. The maximum Gasteiger partial charge on any atom is 0.320 e. The molecule has 5 rings (SSSR count). The fourth-order valence-electron chi connectivity index (χ4n) is 5.19. The van der Waals surface area contributed by atoms with Crippen molar-refractivity contribution >= 4 is 29.4 Å². The number of nitrogens with zero attached hydrogens (tertiary/aromatic N) is 5. The van der Waals surface area contributed by atoms with Crippen LogP contribution in [0.4, 0.5) is 16.6 Å². The minimum Gasteiger partial charge on any atom is -0.351 e. The van der Waals surface area contributed by atoms with Crippen LogP contribution in [0.1, 0.15) is 51.0 Å². The number of amides is 2. The van der Waals surface area contributed by atoms with E-state index in [2.05, 4.69) is 32.8 Å². The van der Waals surface area contributed by atoms with Crippen LogP contribution < -0.4 is 15.5 Å². The van der Waals surface area contributed by atoms with Gasteiger partial charge in [0.05, 0.1) is 17.4 Å². The van der Waals surface area contributed by atoms with Crippen molar-refractivity contribution < 1.29 is 4.79 Å². The van der Waals surface area contributed by atoms with Crippen LogP contribution in [-0.2, 0) is 5.41 Å². The molecule has 3 heterocycles. The van der Waals surface area contributed by atoms with Crippen LogP contribution in [0, 0.1) is 17.8 Å². The molecule has 0 spiro atoms. The Balaban J connectivity index is 1.11. The Morgan fingerprint density at radius 3 is 2.50 bits per heavy atom. The highest BCUT2D eigenvalue weighted by Gasteiger charge is 2.43. The number of anilines is 2. The fourth-order valence-corrected chi connectivity index (χ4v) is 5.29.